The maximum atomic E-state index is 13.7. The molecule has 0 atom stereocenters. The summed E-state index contributed by atoms with van der Waals surface area (Å²) in [6, 6.07) is 12.1. The second kappa shape index (κ2) is 15.6. The third kappa shape index (κ3) is 8.47. The van der Waals surface area contributed by atoms with E-state index in [-0.39, 0.29) is 58.2 Å². The zero-order valence-electron chi connectivity index (χ0n) is 20.4. The molecule has 0 heterocycles. The predicted octanol–water partition coefficient (Wildman–Crippen LogP) is 1.64. The van der Waals surface area contributed by atoms with E-state index in [1.54, 1.807) is 0 Å². The first kappa shape index (κ1) is 32.4. The lowest BCUT2D eigenvalue weighted by Gasteiger charge is -2.33. The standard InChI is InChI=1S/C22H32N6O6S3/c23-15-7-2-10-18-26-35(29,30)22(21-13-5-1-6-14-21,36(31,32)27-19-11-3-8-16-24)37(33,34)28-20-12-4-9-17-25/h1,5-6,13-14,26-28H,2-4,7-12,18-20H2. The van der Waals surface area contributed by atoms with Crippen LogP contribution in [0.2, 0.25) is 0 Å². The summed E-state index contributed by atoms with van der Waals surface area (Å²) in [5.41, 5.74) is -0.506. The Labute approximate surface area is 219 Å². The van der Waals surface area contributed by atoms with E-state index in [2.05, 4.69) is 14.2 Å². The van der Waals surface area contributed by atoms with Gasteiger partial charge in [-0.3, -0.25) is 0 Å². The van der Waals surface area contributed by atoms with Crippen molar-refractivity contribution in [2.45, 2.75) is 61.2 Å². The first-order chi connectivity index (χ1) is 17.5. The molecular formula is C22H32N6O6S3. The number of benzene rings is 1. The van der Waals surface area contributed by atoms with E-state index < -0.39 is 39.0 Å². The highest BCUT2D eigenvalue weighted by Gasteiger charge is 2.66. The fraction of sp³-hybridized carbons (Fsp3) is 0.591. The van der Waals surface area contributed by atoms with Gasteiger partial charge in [-0.15, -0.1) is 0 Å². The SMILES string of the molecule is N#CCCCCNS(=O)(=O)C(c1ccccc1)(S(=O)(=O)NCCCCC#N)S(=O)(=O)NCCCCC#N. The van der Waals surface area contributed by atoms with Gasteiger partial charge in [0.2, 0.25) is 0 Å². The van der Waals surface area contributed by atoms with Crippen LogP contribution in [0.25, 0.3) is 0 Å². The molecule has 0 fully saturated rings. The van der Waals surface area contributed by atoms with Gasteiger partial charge < -0.3 is 0 Å². The zero-order chi connectivity index (χ0) is 27.8. The second-order valence-corrected chi connectivity index (χ2v) is 14.5. The summed E-state index contributed by atoms with van der Waals surface area (Å²) < 4.78 is 85.4. The average molecular weight is 573 g/mol. The van der Waals surface area contributed by atoms with E-state index in [0.29, 0.717) is 19.3 Å². The van der Waals surface area contributed by atoms with Gasteiger partial charge in [0, 0.05) is 44.5 Å². The van der Waals surface area contributed by atoms with Gasteiger partial charge >= 0.3 is 3.41 Å². The molecule has 0 amide bonds. The molecule has 0 aliphatic rings. The molecule has 0 saturated heterocycles. The number of hydrogen-bond acceptors (Lipinski definition) is 9. The van der Waals surface area contributed by atoms with Crippen molar-refractivity contribution < 1.29 is 25.3 Å². The molecule has 37 heavy (non-hydrogen) atoms. The van der Waals surface area contributed by atoms with Crippen molar-refractivity contribution >= 4 is 30.1 Å². The summed E-state index contributed by atoms with van der Waals surface area (Å²) in [5.74, 6) is 0. The summed E-state index contributed by atoms with van der Waals surface area (Å²) in [6.45, 7) is -0.851. The van der Waals surface area contributed by atoms with E-state index >= 15 is 0 Å². The van der Waals surface area contributed by atoms with Crippen LogP contribution in [0.1, 0.15) is 63.4 Å². The Morgan fingerprint density at radius 2 is 0.892 bits per heavy atom. The Morgan fingerprint density at radius 3 is 1.19 bits per heavy atom. The van der Waals surface area contributed by atoms with Crippen molar-refractivity contribution in [2.75, 3.05) is 19.6 Å². The number of hydrogen-bond donors (Lipinski definition) is 3. The van der Waals surface area contributed by atoms with Gasteiger partial charge in [0.25, 0.3) is 30.1 Å². The number of nitrogens with one attached hydrogen (secondary N) is 3. The first-order valence-electron chi connectivity index (χ1n) is 11.7. The molecule has 0 bridgehead atoms. The minimum Gasteiger partial charge on any atom is -0.213 e. The third-order valence-electron chi connectivity index (χ3n) is 5.21. The van der Waals surface area contributed by atoms with Gasteiger partial charge in [-0.25, -0.2) is 39.4 Å². The largest absolute Gasteiger partial charge is 0.337 e. The molecule has 0 aliphatic heterocycles. The van der Waals surface area contributed by atoms with Crippen molar-refractivity contribution in [1.29, 1.82) is 15.8 Å². The normalized spacial score (nSPS) is 12.4. The highest BCUT2D eigenvalue weighted by molar-refractivity contribution is 8.23. The highest BCUT2D eigenvalue weighted by atomic mass is 32.3. The fourth-order valence-corrected chi connectivity index (χ4v) is 11.1. The summed E-state index contributed by atoms with van der Waals surface area (Å²) in [6.07, 6.45) is 1.97. The summed E-state index contributed by atoms with van der Waals surface area (Å²) in [5, 5.41) is 26.1. The molecule has 0 radical (unpaired) electrons. The number of nitriles is 3. The molecule has 0 saturated carbocycles. The number of rotatable bonds is 19. The van der Waals surface area contributed by atoms with Crippen LogP contribution in [-0.4, -0.2) is 44.9 Å². The quantitative estimate of drug-likeness (QED) is 0.205. The van der Waals surface area contributed by atoms with Crippen LogP contribution in [-0.2, 0) is 33.5 Å². The zero-order valence-corrected chi connectivity index (χ0v) is 22.8. The van der Waals surface area contributed by atoms with Crippen molar-refractivity contribution in [3.63, 3.8) is 0 Å². The Morgan fingerprint density at radius 1 is 0.568 bits per heavy atom. The Hall–Kier alpha value is -2.58. The van der Waals surface area contributed by atoms with E-state index in [0.717, 1.165) is 12.1 Å². The van der Waals surface area contributed by atoms with Gasteiger partial charge in [0.15, 0.2) is 0 Å². The Balaban J connectivity index is 3.63. The van der Waals surface area contributed by atoms with Crippen LogP contribution in [0.3, 0.4) is 0 Å². The molecule has 1 aromatic carbocycles. The number of unbranched alkanes of at least 4 members (excludes halogenated alkanes) is 6. The van der Waals surface area contributed by atoms with Crippen molar-refractivity contribution in [3.8, 4) is 18.2 Å². The van der Waals surface area contributed by atoms with E-state index in [4.69, 9.17) is 15.8 Å². The molecule has 1 rings (SSSR count). The molecule has 12 nitrogen and oxygen atoms in total. The minimum atomic E-state index is -5.17. The Bertz CT molecular complexity index is 1160. The molecule has 0 spiro atoms. The van der Waals surface area contributed by atoms with Crippen LogP contribution < -0.4 is 14.2 Å². The summed E-state index contributed by atoms with van der Waals surface area (Å²) in [4.78, 5) is 0. The Kier molecular flexibility index (Phi) is 13.7. The minimum absolute atomic E-state index is 0.149. The van der Waals surface area contributed by atoms with E-state index in [9.17, 15) is 25.3 Å². The summed E-state index contributed by atoms with van der Waals surface area (Å²) >= 11 is 0. The average Bonchev–Trinajstić information content (AvgIpc) is 2.84. The van der Waals surface area contributed by atoms with Crippen LogP contribution in [0.15, 0.2) is 30.3 Å². The van der Waals surface area contributed by atoms with Gasteiger partial charge in [-0.2, -0.15) is 15.8 Å². The number of sulfonamides is 3. The lowest BCUT2D eigenvalue weighted by Crippen LogP contribution is -2.61. The van der Waals surface area contributed by atoms with Gasteiger partial charge in [-0.05, 0) is 38.5 Å². The molecule has 0 aromatic heterocycles. The molecule has 0 unspecified atom stereocenters. The van der Waals surface area contributed by atoms with Gasteiger partial charge in [-0.1, -0.05) is 30.3 Å². The summed E-state index contributed by atoms with van der Waals surface area (Å²) in [7, 11) is -15.5. The smallest absolute Gasteiger partial charge is 0.213 e. The monoisotopic (exact) mass is 572 g/mol. The molecule has 0 aliphatic carbocycles. The predicted molar refractivity (Wildman–Crippen MR) is 137 cm³/mol. The van der Waals surface area contributed by atoms with Crippen molar-refractivity contribution in [1.82, 2.24) is 14.2 Å². The van der Waals surface area contributed by atoms with Crippen LogP contribution in [0.4, 0.5) is 0 Å². The maximum Gasteiger partial charge on any atom is 0.337 e. The van der Waals surface area contributed by atoms with Crippen molar-refractivity contribution in [2.24, 2.45) is 0 Å². The third-order valence-corrected chi connectivity index (χ3v) is 13.7. The molecule has 204 valence electrons. The van der Waals surface area contributed by atoms with Crippen molar-refractivity contribution in [3.05, 3.63) is 35.9 Å². The molecule has 1 aromatic rings. The van der Waals surface area contributed by atoms with E-state index in [1.165, 1.54) is 18.2 Å². The molecular weight excluding hydrogens is 540 g/mol. The lowest BCUT2D eigenvalue weighted by molar-refractivity contribution is 0.530. The van der Waals surface area contributed by atoms with Crippen LogP contribution in [0, 0.1) is 34.0 Å². The van der Waals surface area contributed by atoms with Gasteiger partial charge in [0.1, 0.15) is 0 Å². The fourth-order valence-electron chi connectivity index (χ4n) is 3.43. The van der Waals surface area contributed by atoms with Crippen LogP contribution in [0.5, 0.6) is 0 Å². The topological polar surface area (TPSA) is 210 Å². The first-order valence-corrected chi connectivity index (χ1v) is 16.1. The maximum absolute atomic E-state index is 13.7. The highest BCUT2D eigenvalue weighted by Crippen LogP contribution is 2.40. The van der Waals surface area contributed by atoms with E-state index in [1.807, 2.05) is 18.2 Å². The second-order valence-electron chi connectivity index (χ2n) is 7.96. The molecule has 3 N–H and O–H groups in total. The van der Waals surface area contributed by atoms with Gasteiger partial charge in [0.05, 0.1) is 18.2 Å². The number of nitrogens with zero attached hydrogens (tertiary/aromatic N) is 3. The lowest BCUT2D eigenvalue weighted by atomic mass is 10.2. The van der Waals surface area contributed by atoms with Crippen LogP contribution >= 0.6 is 0 Å². The molecule has 15 heteroatoms.